The Kier molecular flexibility index (Phi) is 4.95. The van der Waals surface area contributed by atoms with E-state index in [1.54, 1.807) is 0 Å². The lowest BCUT2D eigenvalue weighted by Crippen LogP contribution is -2.41. The maximum Gasteiger partial charge on any atom is 0.161 e. The van der Waals surface area contributed by atoms with Crippen LogP contribution < -0.4 is 15.2 Å². The third-order valence-corrected chi connectivity index (χ3v) is 4.08. The normalized spacial score (nSPS) is 20.2. The summed E-state index contributed by atoms with van der Waals surface area (Å²) in [5, 5.41) is 0. The van der Waals surface area contributed by atoms with Crippen LogP contribution in [0.15, 0.2) is 18.2 Å². The summed E-state index contributed by atoms with van der Waals surface area (Å²) in [6.45, 7) is 6.69. The zero-order valence-electron chi connectivity index (χ0n) is 12.4. The molecule has 0 saturated carbocycles. The summed E-state index contributed by atoms with van der Waals surface area (Å²) in [5.74, 6) is 2.18. The van der Waals surface area contributed by atoms with Crippen molar-refractivity contribution in [1.82, 2.24) is 4.90 Å². The van der Waals surface area contributed by atoms with Gasteiger partial charge in [0.15, 0.2) is 11.5 Å². The summed E-state index contributed by atoms with van der Waals surface area (Å²) in [6, 6.07) is 6.22. The van der Waals surface area contributed by atoms with E-state index in [1.807, 2.05) is 6.07 Å². The van der Waals surface area contributed by atoms with Crippen LogP contribution >= 0.6 is 0 Å². The van der Waals surface area contributed by atoms with Crippen molar-refractivity contribution in [2.24, 2.45) is 11.7 Å². The molecule has 5 heteroatoms. The summed E-state index contributed by atoms with van der Waals surface area (Å²) in [5.41, 5.74) is 7.23. The van der Waals surface area contributed by atoms with E-state index in [0.29, 0.717) is 25.7 Å². The zero-order valence-corrected chi connectivity index (χ0v) is 12.4. The predicted octanol–water partition coefficient (Wildman–Crippen LogP) is 0.907. The molecule has 2 N–H and O–H groups in total. The molecule has 1 fully saturated rings. The number of morpholine rings is 1. The van der Waals surface area contributed by atoms with Gasteiger partial charge in [-0.2, -0.15) is 0 Å². The van der Waals surface area contributed by atoms with E-state index in [-0.39, 0.29) is 0 Å². The second-order valence-corrected chi connectivity index (χ2v) is 5.70. The number of fused-ring (bicyclic) bond motifs is 1. The summed E-state index contributed by atoms with van der Waals surface area (Å²) in [6.07, 6.45) is 0.977. The molecule has 21 heavy (non-hydrogen) atoms. The van der Waals surface area contributed by atoms with Gasteiger partial charge in [0.1, 0.15) is 13.2 Å². The molecule has 2 aliphatic rings. The molecule has 0 aromatic heterocycles. The zero-order chi connectivity index (χ0) is 14.5. The van der Waals surface area contributed by atoms with Crippen LogP contribution in [0.4, 0.5) is 0 Å². The van der Waals surface area contributed by atoms with E-state index in [4.69, 9.17) is 19.9 Å². The molecule has 2 aliphatic heterocycles. The molecule has 1 saturated heterocycles. The van der Waals surface area contributed by atoms with Gasteiger partial charge < -0.3 is 19.9 Å². The Morgan fingerprint density at radius 2 is 1.81 bits per heavy atom. The smallest absolute Gasteiger partial charge is 0.161 e. The second-order valence-electron chi connectivity index (χ2n) is 5.70. The van der Waals surface area contributed by atoms with Gasteiger partial charge in [-0.3, -0.25) is 4.90 Å². The Balaban J connectivity index is 1.60. The topological polar surface area (TPSA) is 57.0 Å². The average molecular weight is 292 g/mol. The summed E-state index contributed by atoms with van der Waals surface area (Å²) >= 11 is 0. The first-order chi connectivity index (χ1) is 10.3. The highest BCUT2D eigenvalue weighted by Crippen LogP contribution is 2.31. The van der Waals surface area contributed by atoms with Gasteiger partial charge >= 0.3 is 0 Å². The standard InChI is InChI=1S/C16H24N2O3/c17-11-14(12-18-3-5-19-6-4-18)9-13-1-2-15-16(10-13)21-8-7-20-15/h1-2,10,14H,3-9,11-12,17H2. The van der Waals surface area contributed by atoms with E-state index in [2.05, 4.69) is 17.0 Å². The fourth-order valence-corrected chi connectivity index (χ4v) is 2.92. The molecule has 1 aromatic carbocycles. The molecule has 5 nitrogen and oxygen atoms in total. The Morgan fingerprint density at radius 1 is 1.05 bits per heavy atom. The second kappa shape index (κ2) is 7.11. The molecular weight excluding hydrogens is 268 g/mol. The minimum atomic E-state index is 0.464. The van der Waals surface area contributed by atoms with Gasteiger partial charge in [-0.05, 0) is 36.6 Å². The highest BCUT2D eigenvalue weighted by Gasteiger charge is 2.18. The number of hydrogen-bond acceptors (Lipinski definition) is 5. The molecule has 1 aromatic rings. The molecule has 0 radical (unpaired) electrons. The van der Waals surface area contributed by atoms with Crippen LogP contribution in [0.3, 0.4) is 0 Å². The van der Waals surface area contributed by atoms with Crippen LogP contribution in [0.1, 0.15) is 5.56 Å². The van der Waals surface area contributed by atoms with Crippen molar-refractivity contribution in [2.75, 3.05) is 52.6 Å². The van der Waals surface area contributed by atoms with Gasteiger partial charge in [-0.15, -0.1) is 0 Å². The van der Waals surface area contributed by atoms with Crippen molar-refractivity contribution in [1.29, 1.82) is 0 Å². The van der Waals surface area contributed by atoms with Crippen molar-refractivity contribution >= 4 is 0 Å². The fraction of sp³-hybridized carbons (Fsp3) is 0.625. The minimum Gasteiger partial charge on any atom is -0.486 e. The van der Waals surface area contributed by atoms with Gasteiger partial charge in [0.2, 0.25) is 0 Å². The van der Waals surface area contributed by atoms with Gasteiger partial charge in [-0.1, -0.05) is 6.07 Å². The first kappa shape index (κ1) is 14.6. The lowest BCUT2D eigenvalue weighted by Gasteiger charge is -2.30. The molecule has 1 unspecified atom stereocenters. The fourth-order valence-electron chi connectivity index (χ4n) is 2.92. The van der Waals surface area contributed by atoms with Gasteiger partial charge in [0.05, 0.1) is 13.2 Å². The first-order valence-corrected chi connectivity index (χ1v) is 7.74. The first-order valence-electron chi connectivity index (χ1n) is 7.74. The van der Waals surface area contributed by atoms with Crippen LogP contribution in [-0.4, -0.2) is 57.5 Å². The summed E-state index contributed by atoms with van der Waals surface area (Å²) < 4.78 is 16.6. The third-order valence-electron chi connectivity index (χ3n) is 4.08. The maximum absolute atomic E-state index is 5.96. The highest BCUT2D eigenvalue weighted by atomic mass is 16.6. The van der Waals surface area contributed by atoms with E-state index in [1.165, 1.54) is 5.56 Å². The van der Waals surface area contributed by atoms with Gasteiger partial charge in [-0.25, -0.2) is 0 Å². The number of hydrogen-bond donors (Lipinski definition) is 1. The number of ether oxygens (including phenoxy) is 3. The van der Waals surface area contributed by atoms with Crippen LogP contribution in [-0.2, 0) is 11.2 Å². The van der Waals surface area contributed by atoms with Crippen LogP contribution in [0, 0.1) is 5.92 Å². The SMILES string of the molecule is NCC(Cc1ccc2c(c1)OCCO2)CN1CCOCC1. The van der Waals surface area contributed by atoms with E-state index < -0.39 is 0 Å². The lowest BCUT2D eigenvalue weighted by molar-refractivity contribution is 0.0312. The maximum atomic E-state index is 5.96. The number of nitrogens with zero attached hydrogens (tertiary/aromatic N) is 1. The molecule has 0 spiro atoms. The molecule has 0 aliphatic carbocycles. The third kappa shape index (κ3) is 3.87. The highest BCUT2D eigenvalue weighted by molar-refractivity contribution is 5.43. The van der Waals surface area contributed by atoms with E-state index >= 15 is 0 Å². The Hall–Kier alpha value is -1.30. The molecule has 0 bridgehead atoms. The van der Waals surface area contributed by atoms with E-state index in [0.717, 1.165) is 50.8 Å². The van der Waals surface area contributed by atoms with Gasteiger partial charge in [0, 0.05) is 19.6 Å². The summed E-state index contributed by atoms with van der Waals surface area (Å²) in [4.78, 5) is 2.44. The van der Waals surface area contributed by atoms with Gasteiger partial charge in [0.25, 0.3) is 0 Å². The van der Waals surface area contributed by atoms with Crippen molar-refractivity contribution in [3.8, 4) is 11.5 Å². The average Bonchev–Trinajstić information content (AvgIpc) is 2.55. The monoisotopic (exact) mass is 292 g/mol. The van der Waals surface area contributed by atoms with Crippen LogP contribution in [0.5, 0.6) is 11.5 Å². The minimum absolute atomic E-state index is 0.464. The van der Waals surface area contributed by atoms with Crippen molar-refractivity contribution < 1.29 is 14.2 Å². The van der Waals surface area contributed by atoms with Crippen LogP contribution in [0.2, 0.25) is 0 Å². The number of benzene rings is 1. The van der Waals surface area contributed by atoms with E-state index in [9.17, 15) is 0 Å². The van der Waals surface area contributed by atoms with Crippen molar-refractivity contribution in [2.45, 2.75) is 6.42 Å². The molecule has 1 atom stereocenters. The molecule has 2 heterocycles. The lowest BCUT2D eigenvalue weighted by atomic mass is 9.98. The molecule has 0 amide bonds. The number of nitrogens with two attached hydrogens (primary N) is 1. The molecule has 3 rings (SSSR count). The van der Waals surface area contributed by atoms with Crippen LogP contribution in [0.25, 0.3) is 0 Å². The molecular formula is C16H24N2O3. The quantitative estimate of drug-likeness (QED) is 0.874. The number of rotatable bonds is 5. The Labute approximate surface area is 126 Å². The van der Waals surface area contributed by atoms with Crippen molar-refractivity contribution in [3.63, 3.8) is 0 Å². The Bertz CT molecular complexity index is 461. The summed E-state index contributed by atoms with van der Waals surface area (Å²) in [7, 11) is 0. The van der Waals surface area contributed by atoms with Crippen molar-refractivity contribution in [3.05, 3.63) is 23.8 Å². The molecule has 116 valence electrons. The predicted molar refractivity (Wildman–Crippen MR) is 80.9 cm³/mol. The largest absolute Gasteiger partial charge is 0.486 e. The Morgan fingerprint density at radius 3 is 2.57 bits per heavy atom.